The van der Waals surface area contributed by atoms with Crippen molar-refractivity contribution in [2.45, 2.75) is 44.6 Å². The summed E-state index contributed by atoms with van der Waals surface area (Å²) in [5.41, 5.74) is 0.835. The molecule has 1 aromatic heterocycles. The number of nitrogens with zero attached hydrogens (tertiary/aromatic N) is 2. The first-order valence-electron chi connectivity index (χ1n) is 12.0. The summed E-state index contributed by atoms with van der Waals surface area (Å²) >= 11 is 5.90. The lowest BCUT2D eigenvalue weighted by Crippen LogP contribution is -2.40. The molecule has 35 heavy (non-hydrogen) atoms. The molecular formula is C27H27ClN4O3. The van der Waals surface area contributed by atoms with Gasteiger partial charge in [-0.15, -0.1) is 0 Å². The molecule has 1 saturated carbocycles. The molecule has 2 aromatic carbocycles. The zero-order valence-electron chi connectivity index (χ0n) is 19.3. The Morgan fingerprint density at radius 1 is 0.971 bits per heavy atom. The molecule has 1 aliphatic heterocycles. The summed E-state index contributed by atoms with van der Waals surface area (Å²) in [5, 5.41) is 8.11. The first-order valence-corrected chi connectivity index (χ1v) is 12.4. The zero-order chi connectivity index (χ0) is 24.4. The van der Waals surface area contributed by atoms with Gasteiger partial charge >= 0.3 is 0 Å². The van der Waals surface area contributed by atoms with E-state index in [2.05, 4.69) is 15.6 Å². The van der Waals surface area contributed by atoms with Crippen molar-refractivity contribution in [2.24, 2.45) is 5.92 Å². The lowest BCUT2D eigenvalue weighted by molar-refractivity contribution is -0.130. The van der Waals surface area contributed by atoms with Crippen LogP contribution in [-0.2, 0) is 9.59 Å². The molecule has 7 nitrogen and oxygen atoms in total. The number of aromatic nitrogens is 1. The second kappa shape index (κ2) is 10.0. The van der Waals surface area contributed by atoms with Gasteiger partial charge in [-0.2, -0.15) is 0 Å². The molecule has 0 bridgehead atoms. The second-order valence-corrected chi connectivity index (χ2v) is 9.68. The quantitative estimate of drug-likeness (QED) is 0.510. The fourth-order valence-corrected chi connectivity index (χ4v) is 5.22. The number of nitrogens with one attached hydrogen (secondary N) is 2. The molecule has 8 heteroatoms. The minimum atomic E-state index is -0.364. The molecule has 2 fully saturated rings. The number of amides is 3. The monoisotopic (exact) mass is 490 g/mol. The van der Waals surface area contributed by atoms with E-state index in [1.165, 1.54) is 6.20 Å². The van der Waals surface area contributed by atoms with Gasteiger partial charge in [-0.25, -0.2) is 4.98 Å². The van der Waals surface area contributed by atoms with Crippen molar-refractivity contribution in [3.63, 3.8) is 0 Å². The van der Waals surface area contributed by atoms with Gasteiger partial charge in [-0.1, -0.05) is 35.9 Å². The maximum absolute atomic E-state index is 13.2. The van der Waals surface area contributed by atoms with E-state index < -0.39 is 0 Å². The Labute approximate surface area is 208 Å². The lowest BCUT2D eigenvalue weighted by Gasteiger charge is -2.34. The van der Waals surface area contributed by atoms with Crippen LogP contribution in [0.15, 0.2) is 54.7 Å². The highest BCUT2D eigenvalue weighted by Crippen LogP contribution is 2.32. The van der Waals surface area contributed by atoms with Crippen molar-refractivity contribution < 1.29 is 14.4 Å². The van der Waals surface area contributed by atoms with Crippen LogP contribution in [0.2, 0.25) is 5.02 Å². The van der Waals surface area contributed by atoms with Crippen LogP contribution in [0.4, 0.5) is 11.5 Å². The largest absolute Gasteiger partial charge is 0.340 e. The summed E-state index contributed by atoms with van der Waals surface area (Å²) < 4.78 is 0. The lowest BCUT2D eigenvalue weighted by atomic mass is 9.84. The van der Waals surface area contributed by atoms with E-state index in [0.717, 1.165) is 49.4 Å². The third-order valence-electron chi connectivity index (χ3n) is 6.98. The van der Waals surface area contributed by atoms with E-state index in [1.54, 1.807) is 18.2 Å². The molecule has 2 aliphatic rings. The Morgan fingerprint density at radius 2 is 1.71 bits per heavy atom. The van der Waals surface area contributed by atoms with Crippen LogP contribution in [0.5, 0.6) is 0 Å². The van der Waals surface area contributed by atoms with E-state index in [0.29, 0.717) is 28.5 Å². The molecule has 5 rings (SSSR count). The summed E-state index contributed by atoms with van der Waals surface area (Å²) in [6.45, 7) is 0.832. The number of pyridine rings is 1. The van der Waals surface area contributed by atoms with Crippen LogP contribution in [0.1, 0.15) is 48.9 Å². The molecule has 0 spiro atoms. The number of hydrogen-bond acceptors (Lipinski definition) is 4. The predicted octanol–water partition coefficient (Wildman–Crippen LogP) is 5.26. The first kappa shape index (κ1) is 23.3. The Hall–Kier alpha value is -3.45. The van der Waals surface area contributed by atoms with Gasteiger partial charge < -0.3 is 15.5 Å². The van der Waals surface area contributed by atoms with Gasteiger partial charge in [0.1, 0.15) is 5.82 Å². The van der Waals surface area contributed by atoms with Crippen LogP contribution in [0.3, 0.4) is 0 Å². The summed E-state index contributed by atoms with van der Waals surface area (Å²) in [6, 6.07) is 14.9. The van der Waals surface area contributed by atoms with Crippen molar-refractivity contribution in [1.29, 1.82) is 0 Å². The number of benzene rings is 2. The molecule has 2 heterocycles. The van der Waals surface area contributed by atoms with Crippen LogP contribution >= 0.6 is 11.6 Å². The molecule has 2 N–H and O–H groups in total. The maximum Gasteiger partial charge on any atom is 0.258 e. The van der Waals surface area contributed by atoms with Gasteiger partial charge in [0.15, 0.2) is 0 Å². The Morgan fingerprint density at radius 3 is 2.37 bits per heavy atom. The molecule has 0 unspecified atom stereocenters. The van der Waals surface area contributed by atoms with Gasteiger partial charge in [0.05, 0.1) is 16.3 Å². The van der Waals surface area contributed by atoms with Crippen molar-refractivity contribution in [1.82, 2.24) is 9.88 Å². The molecule has 180 valence electrons. The van der Waals surface area contributed by atoms with Crippen LogP contribution < -0.4 is 10.6 Å². The van der Waals surface area contributed by atoms with Crippen LogP contribution in [0.25, 0.3) is 10.8 Å². The highest BCUT2D eigenvalue weighted by molar-refractivity contribution is 6.30. The van der Waals surface area contributed by atoms with Gasteiger partial charge in [-0.05, 0) is 67.1 Å². The number of carbonyl (C=O) groups is 3. The minimum absolute atomic E-state index is 0.0925. The number of likely N-dealkylation sites (tertiary alicyclic amines) is 1. The number of anilines is 2. The van der Waals surface area contributed by atoms with Gasteiger partial charge in [0.2, 0.25) is 11.8 Å². The third kappa shape index (κ3) is 5.15. The Kier molecular flexibility index (Phi) is 6.68. The first-order chi connectivity index (χ1) is 17.0. The number of halogens is 1. The number of hydrogen-bond donors (Lipinski definition) is 2. The Bertz CT molecular complexity index is 1270. The van der Waals surface area contributed by atoms with Gasteiger partial charge in [0.25, 0.3) is 5.91 Å². The van der Waals surface area contributed by atoms with Gasteiger partial charge in [0, 0.05) is 31.1 Å². The van der Waals surface area contributed by atoms with Crippen molar-refractivity contribution in [3.05, 3.63) is 65.3 Å². The van der Waals surface area contributed by atoms with Crippen molar-refractivity contribution in [3.8, 4) is 0 Å². The van der Waals surface area contributed by atoms with Gasteiger partial charge in [-0.3, -0.25) is 14.4 Å². The molecule has 0 atom stereocenters. The highest BCUT2D eigenvalue weighted by Gasteiger charge is 2.33. The van der Waals surface area contributed by atoms with Crippen LogP contribution in [0, 0.1) is 5.92 Å². The van der Waals surface area contributed by atoms with Crippen LogP contribution in [-0.4, -0.2) is 40.2 Å². The molecule has 3 aromatic rings. The number of carbonyl (C=O) groups excluding carboxylic acids is 3. The molecule has 1 saturated heterocycles. The molecule has 3 amide bonds. The smallest absolute Gasteiger partial charge is 0.258 e. The average molecular weight is 491 g/mol. The van der Waals surface area contributed by atoms with Crippen molar-refractivity contribution >= 4 is 51.6 Å². The summed E-state index contributed by atoms with van der Waals surface area (Å²) in [7, 11) is 0. The topological polar surface area (TPSA) is 91.4 Å². The van der Waals surface area contributed by atoms with E-state index in [9.17, 15) is 14.4 Å². The molecular weight excluding hydrogens is 464 g/mol. The Balaban J connectivity index is 1.33. The fraction of sp³-hybridized carbons (Fsp3) is 0.333. The number of rotatable bonds is 5. The highest BCUT2D eigenvalue weighted by atomic mass is 35.5. The maximum atomic E-state index is 13.2. The van der Waals surface area contributed by atoms with E-state index >= 15 is 0 Å². The third-order valence-corrected chi connectivity index (χ3v) is 7.20. The SMILES string of the molecule is O=C(Nc1ccc(Cl)cn1)c1cc2ccccc2cc1NC(=O)[C@H]1CC[C@H](N2CCCC2=O)CC1. The minimum Gasteiger partial charge on any atom is -0.340 e. The predicted molar refractivity (Wildman–Crippen MR) is 136 cm³/mol. The molecule has 1 aliphatic carbocycles. The van der Waals surface area contributed by atoms with E-state index in [-0.39, 0.29) is 29.7 Å². The second-order valence-electron chi connectivity index (χ2n) is 9.25. The normalized spacial score (nSPS) is 20.1. The summed E-state index contributed by atoms with van der Waals surface area (Å²) in [4.78, 5) is 44.6. The standard InChI is InChI=1S/C27H27ClN4O3/c28-20-9-12-24(29-16-20)31-27(35)22-14-18-4-1-2-5-19(18)15-23(22)30-26(34)17-7-10-21(11-8-17)32-13-3-6-25(32)33/h1-2,4-5,9,12,14-17,21H,3,6-8,10-11,13H2,(H,30,34)(H,29,31,35)/t17-,21-. The molecule has 0 radical (unpaired) electrons. The summed E-state index contributed by atoms with van der Waals surface area (Å²) in [5.74, 6) is 0.00561. The number of fused-ring (bicyclic) bond motifs is 1. The average Bonchev–Trinajstić information content (AvgIpc) is 3.30. The van der Waals surface area contributed by atoms with Crippen molar-refractivity contribution in [2.75, 3.05) is 17.2 Å². The zero-order valence-corrected chi connectivity index (χ0v) is 20.1. The van der Waals surface area contributed by atoms with E-state index in [4.69, 9.17) is 11.6 Å². The van der Waals surface area contributed by atoms with E-state index in [1.807, 2.05) is 35.2 Å². The fourth-order valence-electron chi connectivity index (χ4n) is 5.10. The summed E-state index contributed by atoms with van der Waals surface area (Å²) in [6.07, 6.45) is 6.14.